The van der Waals surface area contributed by atoms with E-state index in [0.717, 1.165) is 22.3 Å². The number of carboxylic acid groups (broad SMARTS) is 1. The van der Waals surface area contributed by atoms with Crippen LogP contribution >= 0.6 is 0 Å². The van der Waals surface area contributed by atoms with Crippen LogP contribution in [0.25, 0.3) is 33.5 Å². The first kappa shape index (κ1) is 31.8. The third-order valence-corrected chi connectivity index (χ3v) is 6.30. The minimum atomic E-state index is -1.02. The van der Waals surface area contributed by atoms with Crippen molar-refractivity contribution in [1.29, 1.82) is 0 Å². The number of imidazole rings is 1. The van der Waals surface area contributed by atoms with Gasteiger partial charge in [-0.3, -0.25) is 14.1 Å². The Morgan fingerprint density at radius 2 is 1.74 bits per heavy atom. The van der Waals surface area contributed by atoms with E-state index in [1.54, 1.807) is 29.7 Å². The molecular weight excluding hydrogens is 583 g/mol. The average Bonchev–Trinajstić information content (AvgIpc) is 3.65. The molecule has 0 aliphatic rings. The minimum Gasteiger partial charge on any atom is -0.490 e. The second-order valence-electron chi connectivity index (χ2n) is 9.01. The minimum absolute atomic E-state index is 0. The molecule has 0 aliphatic heterocycles. The van der Waals surface area contributed by atoms with Gasteiger partial charge in [-0.2, -0.15) is 11.9 Å². The quantitative estimate of drug-likeness (QED) is 0.202. The predicted molar refractivity (Wildman–Crippen MR) is 151 cm³/mol. The molecule has 6 aromatic rings. The Morgan fingerprint density at radius 3 is 2.30 bits per heavy atom. The zero-order chi connectivity index (χ0) is 29.8. The van der Waals surface area contributed by atoms with Crippen LogP contribution in [0.2, 0.25) is 0 Å². The Labute approximate surface area is 286 Å². The van der Waals surface area contributed by atoms with Gasteiger partial charge in [-0.25, -0.2) is 14.4 Å². The van der Waals surface area contributed by atoms with Crippen molar-refractivity contribution in [2.45, 2.75) is 20.4 Å². The zero-order valence-corrected chi connectivity index (χ0v) is 26.7. The van der Waals surface area contributed by atoms with Gasteiger partial charge in [-0.05, 0) is 41.5 Å². The Bertz CT molecular complexity index is 1960. The number of fused-ring (bicyclic) bond motifs is 1. The van der Waals surface area contributed by atoms with E-state index in [2.05, 4.69) is 35.4 Å². The Balaban J connectivity index is 0.000000409. The number of nitrogens with one attached hydrogen (secondary N) is 1. The molecule has 3 heterocycles. The summed E-state index contributed by atoms with van der Waals surface area (Å²) in [5, 5.41) is 13.5. The summed E-state index contributed by atoms with van der Waals surface area (Å²) in [6.45, 7) is 7.65. The van der Waals surface area contributed by atoms with Gasteiger partial charge in [0, 0.05) is 11.3 Å². The summed E-state index contributed by atoms with van der Waals surface area (Å²) in [5.74, 6) is -1.22. The van der Waals surface area contributed by atoms with E-state index in [4.69, 9.17) is 4.74 Å². The van der Waals surface area contributed by atoms with Gasteiger partial charge in [-0.1, -0.05) is 66.7 Å². The maximum Gasteiger partial charge on any atom is 1.00 e. The fraction of sp³-hybridized carbons (Fsp3) is 0.133. The van der Waals surface area contributed by atoms with E-state index < -0.39 is 17.5 Å². The van der Waals surface area contributed by atoms with E-state index >= 15 is 0 Å². The molecule has 3 aromatic carbocycles. The van der Waals surface area contributed by atoms with Crippen LogP contribution in [0.15, 0.2) is 89.7 Å². The molecule has 0 spiro atoms. The Morgan fingerprint density at radius 1 is 1.02 bits per heavy atom. The largest absolute Gasteiger partial charge is 1.00 e. The van der Waals surface area contributed by atoms with Crippen LogP contribution in [-0.2, 0) is 6.54 Å². The maximum atomic E-state index is 11.8. The van der Waals surface area contributed by atoms with Crippen LogP contribution in [-0.4, -0.2) is 37.4 Å². The van der Waals surface area contributed by atoms with Crippen LogP contribution in [0.3, 0.4) is 0 Å². The number of hydrogen-bond donors (Lipinski definition) is 2. The molecule has 0 atom stereocenters. The molecule has 0 aliphatic carbocycles. The van der Waals surface area contributed by atoms with Crippen LogP contribution < -0.4 is 67.7 Å². The van der Waals surface area contributed by atoms with Crippen molar-refractivity contribution in [3.63, 3.8) is 0 Å². The van der Waals surface area contributed by atoms with Gasteiger partial charge >= 0.3 is 68.9 Å². The van der Waals surface area contributed by atoms with Gasteiger partial charge in [0.25, 0.3) is 6.01 Å². The first-order valence-electron chi connectivity index (χ1n) is 12.8. The molecule has 6 rings (SSSR count). The third kappa shape index (κ3) is 7.09. The summed E-state index contributed by atoms with van der Waals surface area (Å²) in [6, 6.07) is 20.8. The van der Waals surface area contributed by atoms with Crippen LogP contribution in [0.1, 0.15) is 34.4 Å². The van der Waals surface area contributed by atoms with Gasteiger partial charge < -0.3 is 18.7 Å². The molecule has 3 aromatic heterocycles. The van der Waals surface area contributed by atoms with Crippen molar-refractivity contribution in [2.75, 3.05) is 6.61 Å². The first-order chi connectivity index (χ1) is 20.2. The molecule has 0 bridgehead atoms. The summed E-state index contributed by atoms with van der Waals surface area (Å²) in [5.41, 5.74) is 4.74. The van der Waals surface area contributed by atoms with Crippen molar-refractivity contribution in [3.05, 3.63) is 117 Å². The monoisotopic (exact) mass is 608 g/mol. The van der Waals surface area contributed by atoms with E-state index in [-0.39, 0.29) is 56.9 Å². The molecule has 0 saturated heterocycles. The molecule has 12 nitrogen and oxygen atoms in total. The summed E-state index contributed by atoms with van der Waals surface area (Å²) < 4.78 is 21.0. The van der Waals surface area contributed by atoms with Gasteiger partial charge in [0.1, 0.15) is 0 Å². The number of H-pyrrole nitrogens is 1. The number of aryl methyl sites for hydroxylation is 1. The molecule has 0 fully saturated rings. The van der Waals surface area contributed by atoms with Crippen molar-refractivity contribution < 1.29 is 79.4 Å². The second kappa shape index (κ2) is 13.9. The smallest absolute Gasteiger partial charge is 0.490 e. The van der Waals surface area contributed by atoms with Crippen LogP contribution in [0, 0.1) is 13.8 Å². The van der Waals surface area contributed by atoms with E-state index in [9.17, 15) is 19.5 Å². The molecule has 0 radical (unpaired) electrons. The standard InChI is InChI=1S/C25H20N4O5.C5H5O3.K/c1-2-33-24-26-20-9-5-8-19(23(30)31)21(20)29(24)14-15-10-12-16(13-11-15)17-6-3-4-7-18(17)22-27-25(32)34-28-22;1-3-4(2)8-5(6)7-3;/h3-13H,2,14H2,1H3,(H,30,31)(H,27,28,32);1H2,2H3;/q;-1;+1. The molecule has 0 unspecified atom stereocenters. The molecule has 0 saturated carbocycles. The SMILES string of the molecule is CCOc1nc2cccc(C(=O)O)c2n1Cc1ccc(-c2ccccc2-c2noc(=O)[nH]2)cc1.[CH2-]c1oc(=O)oc1C.[K+]. The number of carbonyl (C=O) groups is 1. The number of benzene rings is 3. The van der Waals surface area contributed by atoms with E-state index in [1.165, 1.54) is 0 Å². The zero-order valence-electron chi connectivity index (χ0n) is 23.6. The summed E-state index contributed by atoms with van der Waals surface area (Å²) >= 11 is 0. The van der Waals surface area contributed by atoms with Crippen molar-refractivity contribution in [2.24, 2.45) is 0 Å². The number of ether oxygens (including phenoxy) is 1. The maximum absolute atomic E-state index is 11.8. The van der Waals surface area contributed by atoms with Gasteiger partial charge in [0.15, 0.2) is 5.82 Å². The molecule has 214 valence electrons. The molecular formula is C30H25KN4O8. The van der Waals surface area contributed by atoms with Gasteiger partial charge in [0.05, 0.1) is 29.7 Å². The second-order valence-corrected chi connectivity index (χ2v) is 9.01. The Kier molecular flexibility index (Phi) is 10.3. The molecule has 43 heavy (non-hydrogen) atoms. The van der Waals surface area contributed by atoms with Gasteiger partial charge in [0.2, 0.25) is 0 Å². The molecule has 0 amide bonds. The fourth-order valence-electron chi connectivity index (χ4n) is 4.36. The Hall–Kier alpha value is -4.14. The topological polar surface area (TPSA) is 167 Å². The number of carboxylic acids is 1. The van der Waals surface area contributed by atoms with Crippen LogP contribution in [0.5, 0.6) is 6.01 Å². The summed E-state index contributed by atoms with van der Waals surface area (Å²) in [4.78, 5) is 40.4. The molecule has 13 heteroatoms. The predicted octanol–water partition coefficient (Wildman–Crippen LogP) is 1.92. The number of aromatic carboxylic acids is 1. The average molecular weight is 609 g/mol. The van der Waals surface area contributed by atoms with Crippen molar-refractivity contribution in [1.82, 2.24) is 19.7 Å². The first-order valence-corrected chi connectivity index (χ1v) is 12.8. The van der Waals surface area contributed by atoms with E-state index in [0.29, 0.717) is 47.5 Å². The number of hydrogen-bond acceptors (Lipinski definition) is 9. The van der Waals surface area contributed by atoms with E-state index in [1.807, 2.05) is 55.5 Å². The normalized spacial score (nSPS) is 10.6. The number of para-hydroxylation sites is 1. The fourth-order valence-corrected chi connectivity index (χ4v) is 4.36. The van der Waals surface area contributed by atoms with Crippen molar-refractivity contribution in [3.8, 4) is 28.5 Å². The summed E-state index contributed by atoms with van der Waals surface area (Å²) in [6.07, 6.45) is 0. The third-order valence-electron chi connectivity index (χ3n) is 6.30. The van der Waals surface area contributed by atoms with Gasteiger partial charge in [-0.15, -0.1) is 0 Å². The number of nitrogens with zero attached hydrogens (tertiary/aromatic N) is 3. The van der Waals surface area contributed by atoms with Crippen molar-refractivity contribution >= 4 is 17.0 Å². The van der Waals surface area contributed by atoms with Crippen LogP contribution in [0.4, 0.5) is 0 Å². The summed E-state index contributed by atoms with van der Waals surface area (Å²) in [7, 11) is 0. The number of aromatic nitrogens is 4. The molecule has 2 N–H and O–H groups in total. The number of rotatable bonds is 7. The number of aromatic amines is 1.